The summed E-state index contributed by atoms with van der Waals surface area (Å²) in [5.41, 5.74) is 14.9. The Balaban J connectivity index is 1.10. The molecule has 0 saturated heterocycles. The van der Waals surface area contributed by atoms with Gasteiger partial charge in [0.15, 0.2) is 23.3 Å². The highest BCUT2D eigenvalue weighted by molar-refractivity contribution is 6.21. The van der Waals surface area contributed by atoms with Gasteiger partial charge in [0.05, 0.1) is 0 Å². The lowest BCUT2D eigenvalue weighted by Gasteiger charge is -2.25. The fourth-order valence-corrected chi connectivity index (χ4v) is 9.35. The van der Waals surface area contributed by atoms with Crippen LogP contribution in [0, 0.1) is 27.7 Å². The Kier molecular flexibility index (Phi) is 10.4. The van der Waals surface area contributed by atoms with Gasteiger partial charge in [-0.15, -0.1) is 0 Å². The van der Waals surface area contributed by atoms with Crippen LogP contribution in [0.1, 0.15) is 45.1 Å². The number of amidine groups is 2. The predicted octanol–water partition coefficient (Wildman–Crippen LogP) is 14.2. The van der Waals surface area contributed by atoms with Crippen molar-refractivity contribution in [2.24, 2.45) is 9.98 Å². The summed E-state index contributed by atoms with van der Waals surface area (Å²) in [4.78, 5) is 26.0. The van der Waals surface area contributed by atoms with Crippen LogP contribution in [-0.4, -0.2) is 26.6 Å². The van der Waals surface area contributed by atoms with Crippen LogP contribution in [0.5, 0.6) is 0 Å². The molecule has 0 aliphatic carbocycles. The molecule has 6 nitrogen and oxygen atoms in total. The highest BCUT2D eigenvalue weighted by Gasteiger charge is 2.25. The van der Waals surface area contributed by atoms with Crippen LogP contribution in [0.2, 0.25) is 0 Å². The van der Waals surface area contributed by atoms with Crippen LogP contribution in [0.4, 0.5) is 0 Å². The van der Waals surface area contributed by atoms with E-state index in [-0.39, 0.29) is 6.17 Å². The third kappa shape index (κ3) is 7.42. The standard InChI is InChI=1S/C60H46N6/c1-37-19-5-9-27-45(37)57-61-55(62-58(65-57)46-28-10-6-20-38(46)2)43-25-17-23-41(35-43)53-51-33-15-13-31-49(51)50-32-14-16-34-52(50)54(53)42-24-18-26-44(36-42)56-63-59(47-29-11-7-21-39(47)3)66-60(64-56)48-30-12-8-22-40(48)4/h5-36,55H,1-4H3,(H,61,62,65). The molecule has 1 aromatic heterocycles. The Labute approximate surface area is 385 Å². The molecular formula is C60H46N6. The first-order chi connectivity index (χ1) is 32.4. The van der Waals surface area contributed by atoms with Crippen LogP contribution < -0.4 is 5.32 Å². The molecule has 6 heteroatoms. The molecule has 0 radical (unpaired) electrons. The Hall–Kier alpha value is -8.35. The molecule has 0 fully saturated rings. The minimum atomic E-state index is -0.390. The highest BCUT2D eigenvalue weighted by atomic mass is 15.2. The lowest BCUT2D eigenvalue weighted by molar-refractivity contribution is 0.674. The van der Waals surface area contributed by atoms with Crippen molar-refractivity contribution in [1.29, 1.82) is 0 Å². The molecule has 1 aliphatic rings. The average Bonchev–Trinajstić information content (AvgIpc) is 3.36. The molecular weight excluding hydrogens is 805 g/mol. The number of nitrogens with zero attached hydrogens (tertiary/aromatic N) is 5. The molecule has 1 N–H and O–H groups in total. The number of fused-ring (bicyclic) bond motifs is 3. The molecule has 11 rings (SSSR count). The second kappa shape index (κ2) is 17.0. The summed E-state index contributed by atoms with van der Waals surface area (Å²) in [6.45, 7) is 8.45. The Morgan fingerprint density at radius 3 is 1.33 bits per heavy atom. The maximum atomic E-state index is 5.33. The van der Waals surface area contributed by atoms with Gasteiger partial charge in [-0.05, 0) is 111 Å². The van der Waals surface area contributed by atoms with Gasteiger partial charge in [-0.3, -0.25) is 0 Å². The molecule has 9 aromatic carbocycles. The SMILES string of the molecule is Cc1ccccc1C1=NC(c2cccc(-c3c(-c4cccc(-c5nc(-c6ccccc6C)nc(-c6ccccc6C)n5)c4)c4ccccc4c4ccccc34)c2)NC(c2ccccc2C)=N1. The van der Waals surface area contributed by atoms with Gasteiger partial charge in [0.1, 0.15) is 12.0 Å². The van der Waals surface area contributed by atoms with Gasteiger partial charge in [-0.1, -0.05) is 182 Å². The molecule has 1 unspecified atom stereocenters. The van der Waals surface area contributed by atoms with Crippen LogP contribution in [-0.2, 0) is 0 Å². The van der Waals surface area contributed by atoms with Crippen molar-refractivity contribution in [3.8, 4) is 56.4 Å². The van der Waals surface area contributed by atoms with Gasteiger partial charge < -0.3 is 5.32 Å². The maximum Gasteiger partial charge on any atom is 0.164 e. The van der Waals surface area contributed by atoms with Gasteiger partial charge in [0, 0.05) is 27.8 Å². The second-order valence-electron chi connectivity index (χ2n) is 17.1. The average molecular weight is 851 g/mol. The fraction of sp³-hybridized carbons (Fsp3) is 0.0833. The van der Waals surface area contributed by atoms with Crippen LogP contribution in [0.25, 0.3) is 78.0 Å². The smallest absolute Gasteiger partial charge is 0.164 e. The summed E-state index contributed by atoms with van der Waals surface area (Å²) in [6, 6.07) is 68.3. The first kappa shape index (κ1) is 40.4. The van der Waals surface area contributed by atoms with Gasteiger partial charge >= 0.3 is 0 Å². The molecule has 66 heavy (non-hydrogen) atoms. The van der Waals surface area contributed by atoms with Gasteiger partial charge in [0.25, 0.3) is 0 Å². The minimum absolute atomic E-state index is 0.390. The third-order valence-corrected chi connectivity index (χ3v) is 12.8. The molecule has 0 saturated carbocycles. The first-order valence-electron chi connectivity index (χ1n) is 22.5. The normalized spacial score (nSPS) is 13.6. The topological polar surface area (TPSA) is 75.4 Å². The van der Waals surface area contributed by atoms with E-state index in [1.54, 1.807) is 0 Å². The molecule has 2 heterocycles. The molecule has 0 bridgehead atoms. The number of rotatable bonds is 8. The number of hydrogen-bond acceptors (Lipinski definition) is 6. The first-order valence-corrected chi connectivity index (χ1v) is 22.5. The van der Waals surface area contributed by atoms with Crippen molar-refractivity contribution in [2.75, 3.05) is 0 Å². The number of benzene rings is 9. The zero-order valence-corrected chi connectivity index (χ0v) is 37.3. The summed E-state index contributed by atoms with van der Waals surface area (Å²) in [7, 11) is 0. The summed E-state index contributed by atoms with van der Waals surface area (Å²) in [5.74, 6) is 3.43. The van der Waals surface area contributed by atoms with Crippen molar-refractivity contribution >= 4 is 33.2 Å². The summed E-state index contributed by atoms with van der Waals surface area (Å²) in [6.07, 6.45) is -0.390. The van der Waals surface area contributed by atoms with Crippen molar-refractivity contribution in [3.05, 3.63) is 233 Å². The Morgan fingerprint density at radius 2 is 0.788 bits per heavy atom. The lowest BCUT2D eigenvalue weighted by atomic mass is 9.84. The zero-order chi connectivity index (χ0) is 44.7. The van der Waals surface area contributed by atoms with E-state index in [0.717, 1.165) is 89.1 Å². The Morgan fingerprint density at radius 1 is 0.364 bits per heavy atom. The van der Waals surface area contributed by atoms with E-state index in [0.29, 0.717) is 23.3 Å². The van der Waals surface area contributed by atoms with Gasteiger partial charge in [-0.25, -0.2) is 24.9 Å². The van der Waals surface area contributed by atoms with E-state index in [9.17, 15) is 0 Å². The van der Waals surface area contributed by atoms with Gasteiger partial charge in [-0.2, -0.15) is 0 Å². The predicted molar refractivity (Wildman–Crippen MR) is 273 cm³/mol. The molecule has 316 valence electrons. The van der Waals surface area contributed by atoms with Crippen molar-refractivity contribution < 1.29 is 0 Å². The highest BCUT2D eigenvalue weighted by Crippen LogP contribution is 2.46. The third-order valence-electron chi connectivity index (χ3n) is 12.8. The molecule has 1 atom stereocenters. The minimum Gasteiger partial charge on any atom is -0.344 e. The van der Waals surface area contributed by atoms with E-state index in [1.165, 1.54) is 16.2 Å². The van der Waals surface area contributed by atoms with E-state index >= 15 is 0 Å². The summed E-state index contributed by atoms with van der Waals surface area (Å²) < 4.78 is 0. The molecule has 10 aromatic rings. The fourth-order valence-electron chi connectivity index (χ4n) is 9.35. The van der Waals surface area contributed by atoms with Crippen LogP contribution >= 0.6 is 0 Å². The number of aliphatic imine (C=N–C) groups is 2. The maximum absolute atomic E-state index is 5.33. The quantitative estimate of drug-likeness (QED) is 0.155. The zero-order valence-electron chi connectivity index (χ0n) is 37.3. The van der Waals surface area contributed by atoms with Crippen LogP contribution in [0.15, 0.2) is 204 Å². The summed E-state index contributed by atoms with van der Waals surface area (Å²) in [5, 5.41) is 8.46. The molecule has 1 aliphatic heterocycles. The molecule has 0 spiro atoms. The Bertz CT molecular complexity index is 3520. The van der Waals surface area contributed by atoms with E-state index in [4.69, 9.17) is 24.9 Å². The number of aromatic nitrogens is 3. The van der Waals surface area contributed by atoms with Crippen molar-refractivity contribution in [1.82, 2.24) is 20.3 Å². The van der Waals surface area contributed by atoms with E-state index < -0.39 is 0 Å². The molecule has 0 amide bonds. The van der Waals surface area contributed by atoms with Crippen LogP contribution in [0.3, 0.4) is 0 Å². The second-order valence-corrected chi connectivity index (χ2v) is 17.1. The number of aryl methyl sites for hydroxylation is 4. The summed E-state index contributed by atoms with van der Waals surface area (Å²) >= 11 is 0. The van der Waals surface area contributed by atoms with Crippen molar-refractivity contribution in [3.63, 3.8) is 0 Å². The monoisotopic (exact) mass is 850 g/mol. The van der Waals surface area contributed by atoms with E-state index in [1.807, 2.05) is 24.3 Å². The lowest BCUT2D eigenvalue weighted by Crippen LogP contribution is -2.34. The largest absolute Gasteiger partial charge is 0.344 e. The van der Waals surface area contributed by atoms with E-state index in [2.05, 4.69) is 203 Å². The van der Waals surface area contributed by atoms with Crippen molar-refractivity contribution in [2.45, 2.75) is 33.9 Å². The van der Waals surface area contributed by atoms with Gasteiger partial charge in [0.2, 0.25) is 0 Å². The number of nitrogens with one attached hydrogen (secondary N) is 1. The number of hydrogen-bond donors (Lipinski definition) is 1.